The molecule has 0 aliphatic carbocycles. The van der Waals surface area contributed by atoms with Gasteiger partial charge in [0.2, 0.25) is 0 Å². The summed E-state index contributed by atoms with van der Waals surface area (Å²) in [5, 5.41) is 3.94. The Balaban J connectivity index is 2.18. The van der Waals surface area contributed by atoms with Gasteiger partial charge in [-0.25, -0.2) is 0 Å². The predicted octanol–water partition coefficient (Wildman–Crippen LogP) is 3.86. The maximum absolute atomic E-state index is 10.5. The molecule has 8 heteroatoms. The van der Waals surface area contributed by atoms with Crippen LogP contribution in [0.25, 0.3) is 0 Å². The normalized spacial score (nSPS) is 11.8. The summed E-state index contributed by atoms with van der Waals surface area (Å²) in [7, 11) is -3.37. The summed E-state index contributed by atoms with van der Waals surface area (Å²) in [6, 6.07) is 3.97. The first-order chi connectivity index (χ1) is 9.79. The van der Waals surface area contributed by atoms with Gasteiger partial charge in [-0.15, -0.1) is 0 Å². The van der Waals surface area contributed by atoms with Crippen LogP contribution < -0.4 is 5.32 Å². The molecule has 0 heterocycles. The lowest BCUT2D eigenvalue weighted by Gasteiger charge is -2.09. The van der Waals surface area contributed by atoms with Crippen molar-refractivity contribution in [3.05, 3.63) is 32.8 Å². The number of rotatable bonds is 9. The molecule has 1 aromatic carbocycles. The summed E-state index contributed by atoms with van der Waals surface area (Å²) in [4.78, 5) is 0. The molecule has 0 radical (unpaired) electrons. The van der Waals surface area contributed by atoms with Crippen LogP contribution >= 0.6 is 38.3 Å². The Hall–Kier alpha value is 0.210. The van der Waals surface area contributed by atoms with E-state index in [0.717, 1.165) is 35.3 Å². The molecular weight excluding hydrogens is 398 g/mol. The second-order valence-electron chi connectivity index (χ2n) is 4.64. The molecule has 4 nitrogen and oxygen atoms in total. The minimum atomic E-state index is -3.91. The monoisotopic (exact) mass is 415 g/mol. The molecule has 0 aliphatic heterocycles. The van der Waals surface area contributed by atoms with E-state index in [1.54, 1.807) is 0 Å². The Labute approximate surface area is 143 Å². The SMILES string of the molecule is Cc1cc(Br)cc(Cl)c1CCCCNCCSS(=O)(=O)O. The van der Waals surface area contributed by atoms with Crippen molar-refractivity contribution in [2.24, 2.45) is 0 Å². The maximum atomic E-state index is 10.5. The highest BCUT2D eigenvalue weighted by Crippen LogP contribution is 2.26. The molecule has 0 amide bonds. The second kappa shape index (κ2) is 9.37. The zero-order valence-corrected chi connectivity index (χ0v) is 15.7. The van der Waals surface area contributed by atoms with Gasteiger partial charge in [-0.05, 0) is 66.8 Å². The smallest absolute Gasteiger partial charge is 0.316 e. The molecule has 120 valence electrons. The van der Waals surface area contributed by atoms with Crippen LogP contribution in [-0.2, 0) is 15.6 Å². The van der Waals surface area contributed by atoms with Crippen LogP contribution in [0.3, 0.4) is 0 Å². The third kappa shape index (κ3) is 8.42. The summed E-state index contributed by atoms with van der Waals surface area (Å²) < 4.78 is 30.5. The van der Waals surface area contributed by atoms with E-state index < -0.39 is 9.15 Å². The van der Waals surface area contributed by atoms with Gasteiger partial charge in [0, 0.05) is 21.8 Å². The first-order valence-corrected chi connectivity index (χ1v) is 10.7. The zero-order valence-electron chi connectivity index (χ0n) is 11.7. The van der Waals surface area contributed by atoms with E-state index in [-0.39, 0.29) is 0 Å². The van der Waals surface area contributed by atoms with Gasteiger partial charge in [0.1, 0.15) is 0 Å². The molecule has 0 aliphatic rings. The van der Waals surface area contributed by atoms with Crippen molar-refractivity contribution in [1.82, 2.24) is 5.32 Å². The number of aryl methyl sites for hydroxylation is 1. The van der Waals surface area contributed by atoms with Crippen molar-refractivity contribution in [1.29, 1.82) is 0 Å². The van der Waals surface area contributed by atoms with Crippen LogP contribution in [0.15, 0.2) is 16.6 Å². The van der Waals surface area contributed by atoms with Crippen molar-refractivity contribution in [3.8, 4) is 0 Å². The van der Waals surface area contributed by atoms with E-state index in [1.165, 1.54) is 11.1 Å². The fourth-order valence-corrected chi connectivity index (χ4v) is 4.33. The Morgan fingerprint density at radius 1 is 1.33 bits per heavy atom. The summed E-state index contributed by atoms with van der Waals surface area (Å²) >= 11 is 9.65. The molecule has 0 saturated heterocycles. The van der Waals surface area contributed by atoms with Crippen LogP contribution in [-0.4, -0.2) is 31.8 Å². The molecule has 1 aromatic rings. The van der Waals surface area contributed by atoms with Gasteiger partial charge in [0.05, 0.1) is 0 Å². The Bertz CT molecular complexity index is 544. The van der Waals surface area contributed by atoms with Crippen LogP contribution in [0.2, 0.25) is 5.02 Å². The lowest BCUT2D eigenvalue weighted by molar-refractivity contribution is 0.503. The molecule has 1 rings (SSSR count). The molecule has 0 aromatic heterocycles. The third-order valence-corrected chi connectivity index (χ3v) is 5.78. The molecule has 0 bridgehead atoms. The van der Waals surface area contributed by atoms with Crippen molar-refractivity contribution in [2.45, 2.75) is 26.2 Å². The van der Waals surface area contributed by atoms with Gasteiger partial charge in [-0.2, -0.15) is 8.42 Å². The van der Waals surface area contributed by atoms with Gasteiger partial charge in [-0.1, -0.05) is 27.5 Å². The fraction of sp³-hybridized carbons (Fsp3) is 0.538. The number of unbranched alkanes of at least 4 members (excludes halogenated alkanes) is 1. The number of hydrogen-bond donors (Lipinski definition) is 2. The standard InChI is InChI=1S/C13H19BrClNO3S2/c1-10-8-11(14)9-13(15)12(10)4-2-3-5-16-6-7-20-21(17,18)19/h8-9,16H,2-7H2,1H3,(H,17,18,19). The summed E-state index contributed by atoms with van der Waals surface area (Å²) in [5.74, 6) is 0.344. The number of halogens is 2. The fourth-order valence-electron chi connectivity index (χ4n) is 1.94. The second-order valence-corrected chi connectivity index (χ2v) is 9.43. The van der Waals surface area contributed by atoms with E-state index >= 15 is 0 Å². The predicted molar refractivity (Wildman–Crippen MR) is 93.7 cm³/mol. The molecule has 0 fully saturated rings. The van der Waals surface area contributed by atoms with Crippen LogP contribution in [0.1, 0.15) is 24.0 Å². The number of benzene rings is 1. The highest BCUT2D eigenvalue weighted by atomic mass is 79.9. The van der Waals surface area contributed by atoms with E-state index in [2.05, 4.69) is 34.2 Å². The average Bonchev–Trinajstić information content (AvgIpc) is 2.33. The number of hydrogen-bond acceptors (Lipinski definition) is 4. The highest BCUT2D eigenvalue weighted by molar-refractivity contribution is 9.10. The van der Waals surface area contributed by atoms with Crippen LogP contribution in [0.4, 0.5) is 0 Å². The Morgan fingerprint density at radius 3 is 2.67 bits per heavy atom. The van der Waals surface area contributed by atoms with E-state index in [1.807, 2.05) is 6.07 Å². The third-order valence-electron chi connectivity index (χ3n) is 2.92. The van der Waals surface area contributed by atoms with Gasteiger partial charge in [-0.3, -0.25) is 4.55 Å². The average molecular weight is 417 g/mol. The first-order valence-electron chi connectivity index (χ1n) is 6.56. The molecular formula is C13H19BrClNO3S2. The van der Waals surface area contributed by atoms with E-state index in [4.69, 9.17) is 16.2 Å². The Morgan fingerprint density at radius 2 is 2.05 bits per heavy atom. The molecule has 0 unspecified atom stereocenters. The molecule has 21 heavy (non-hydrogen) atoms. The van der Waals surface area contributed by atoms with Crippen molar-refractivity contribution < 1.29 is 13.0 Å². The molecule has 0 atom stereocenters. The topological polar surface area (TPSA) is 66.4 Å². The molecule has 0 saturated carbocycles. The van der Waals surface area contributed by atoms with Crippen molar-refractivity contribution in [2.75, 3.05) is 18.8 Å². The van der Waals surface area contributed by atoms with E-state index in [0.29, 0.717) is 23.1 Å². The lowest BCUT2D eigenvalue weighted by Crippen LogP contribution is -2.19. The lowest BCUT2D eigenvalue weighted by atomic mass is 10.0. The Kier molecular flexibility index (Phi) is 8.59. The zero-order chi connectivity index (χ0) is 15.9. The van der Waals surface area contributed by atoms with Gasteiger partial charge in [0.25, 0.3) is 0 Å². The maximum Gasteiger partial charge on any atom is 0.319 e. The van der Waals surface area contributed by atoms with E-state index in [9.17, 15) is 8.42 Å². The van der Waals surface area contributed by atoms with Crippen molar-refractivity contribution in [3.63, 3.8) is 0 Å². The summed E-state index contributed by atoms with van der Waals surface area (Å²) in [6.45, 7) is 3.43. The quantitative estimate of drug-likeness (QED) is 0.363. The molecule has 0 spiro atoms. The van der Waals surface area contributed by atoms with Gasteiger partial charge >= 0.3 is 9.15 Å². The van der Waals surface area contributed by atoms with Gasteiger partial charge < -0.3 is 5.32 Å². The highest BCUT2D eigenvalue weighted by Gasteiger charge is 2.06. The van der Waals surface area contributed by atoms with Crippen LogP contribution in [0.5, 0.6) is 0 Å². The summed E-state index contributed by atoms with van der Waals surface area (Å²) in [6.07, 6.45) is 2.93. The van der Waals surface area contributed by atoms with Crippen LogP contribution in [0, 0.1) is 6.92 Å². The van der Waals surface area contributed by atoms with Crippen molar-refractivity contribution >= 4 is 47.5 Å². The minimum absolute atomic E-state index is 0.344. The molecule has 2 N–H and O–H groups in total. The van der Waals surface area contributed by atoms with Gasteiger partial charge in [0.15, 0.2) is 0 Å². The first kappa shape index (κ1) is 19.3. The minimum Gasteiger partial charge on any atom is -0.316 e. The largest absolute Gasteiger partial charge is 0.319 e. The number of nitrogens with one attached hydrogen (secondary N) is 1. The summed E-state index contributed by atoms with van der Waals surface area (Å²) in [5.41, 5.74) is 2.37.